The smallest absolute Gasteiger partial charge is 0.112 e. The number of unbranched alkanes of at least 4 members (excludes halogenated alkanes) is 4. The fourth-order valence-electron chi connectivity index (χ4n) is 0.997. The van der Waals surface area contributed by atoms with E-state index in [0.29, 0.717) is 0 Å². The maximum Gasteiger partial charge on any atom is 0.507 e. The van der Waals surface area contributed by atoms with Crippen LogP contribution in [0.25, 0.3) is 0 Å². The summed E-state index contributed by atoms with van der Waals surface area (Å²) in [6, 6.07) is 0. The Morgan fingerprint density at radius 1 is 0.923 bits per heavy atom. The first-order valence-corrected chi connectivity index (χ1v) is 5.81. The Morgan fingerprint density at radius 3 is 2.08 bits per heavy atom. The van der Waals surface area contributed by atoms with Crippen molar-refractivity contribution in [1.82, 2.24) is 0 Å². The van der Waals surface area contributed by atoms with Crippen LogP contribution < -0.4 is 0 Å². The van der Waals surface area contributed by atoms with Gasteiger partial charge in [0.15, 0.2) is 0 Å². The molecule has 0 unspecified atom stereocenters. The third-order valence-corrected chi connectivity index (χ3v) is 2.60. The van der Waals surface area contributed by atoms with E-state index in [1.807, 2.05) is 0 Å². The van der Waals surface area contributed by atoms with Crippen molar-refractivity contribution >= 4 is 11.7 Å². The molecule has 0 aromatic carbocycles. The quantitative estimate of drug-likeness (QED) is 0.431. The van der Waals surface area contributed by atoms with Gasteiger partial charge in [0.1, 0.15) is 6.61 Å². The highest BCUT2D eigenvalue weighted by Gasteiger charge is 2.21. The van der Waals surface area contributed by atoms with Crippen LogP contribution in [-0.2, 0) is 24.3 Å². The highest BCUT2D eigenvalue weighted by Crippen LogP contribution is 2.05. The van der Waals surface area contributed by atoms with Gasteiger partial charge in [-0.3, -0.25) is 0 Å². The average Bonchev–Trinajstić information content (AvgIpc) is 2.17. The Bertz CT molecular complexity index is 96.9. The van der Waals surface area contributed by atoms with Crippen LogP contribution in [0.1, 0.15) is 39.0 Å². The van der Waals surface area contributed by atoms with E-state index < -0.39 is 11.7 Å². The van der Waals surface area contributed by atoms with Gasteiger partial charge in [0.25, 0.3) is 0 Å². The molecule has 0 bridgehead atoms. The van der Waals surface area contributed by atoms with Gasteiger partial charge >= 0.3 is 11.7 Å². The summed E-state index contributed by atoms with van der Waals surface area (Å²) in [4.78, 5) is 0. The Kier molecular flexibility index (Phi) is 10.5. The fraction of sp³-hybridized carbons (Fsp3) is 1.00. The first-order chi connectivity index (χ1) is 6.35. The maximum atomic E-state index is 5.30. The van der Waals surface area contributed by atoms with Crippen LogP contribution in [0.2, 0.25) is 0 Å². The SMILES string of the molecule is CCCCCCCO[S+](OC)OC. The number of rotatable bonds is 9. The second-order valence-corrected chi connectivity index (χ2v) is 4.08. The van der Waals surface area contributed by atoms with Crippen molar-refractivity contribution in [2.75, 3.05) is 20.8 Å². The summed E-state index contributed by atoms with van der Waals surface area (Å²) in [6.07, 6.45) is 6.23. The number of hydrogen-bond acceptors (Lipinski definition) is 3. The topological polar surface area (TPSA) is 27.7 Å². The predicted molar refractivity (Wildman–Crippen MR) is 56.1 cm³/mol. The van der Waals surface area contributed by atoms with Crippen LogP contribution in [0.3, 0.4) is 0 Å². The molecule has 13 heavy (non-hydrogen) atoms. The summed E-state index contributed by atoms with van der Waals surface area (Å²) in [5.41, 5.74) is 0. The summed E-state index contributed by atoms with van der Waals surface area (Å²) in [6.45, 7) is 2.94. The average molecular weight is 209 g/mol. The predicted octanol–water partition coefficient (Wildman–Crippen LogP) is 2.63. The maximum absolute atomic E-state index is 5.30. The second kappa shape index (κ2) is 10.3. The Hall–Kier alpha value is 0.230. The molecular weight excluding hydrogens is 188 g/mol. The van der Waals surface area contributed by atoms with Crippen molar-refractivity contribution in [3.05, 3.63) is 0 Å². The van der Waals surface area contributed by atoms with E-state index >= 15 is 0 Å². The van der Waals surface area contributed by atoms with Crippen LogP contribution in [0.15, 0.2) is 0 Å². The zero-order chi connectivity index (χ0) is 9.94. The lowest BCUT2D eigenvalue weighted by molar-refractivity contribution is 0.223. The zero-order valence-electron chi connectivity index (χ0n) is 8.88. The van der Waals surface area contributed by atoms with Crippen molar-refractivity contribution in [2.24, 2.45) is 0 Å². The van der Waals surface area contributed by atoms with Gasteiger partial charge in [-0.2, -0.15) is 0 Å². The van der Waals surface area contributed by atoms with Crippen molar-refractivity contribution in [1.29, 1.82) is 0 Å². The molecule has 0 fully saturated rings. The minimum absolute atomic E-state index is 0.731. The second-order valence-electron chi connectivity index (χ2n) is 2.77. The van der Waals surface area contributed by atoms with Crippen LogP contribution >= 0.6 is 0 Å². The summed E-state index contributed by atoms with van der Waals surface area (Å²) in [5, 5.41) is 0. The van der Waals surface area contributed by atoms with Gasteiger partial charge in [0, 0.05) is 0 Å². The molecule has 0 radical (unpaired) electrons. The van der Waals surface area contributed by atoms with E-state index in [9.17, 15) is 0 Å². The Balaban J connectivity index is 3.05. The molecule has 0 aliphatic rings. The van der Waals surface area contributed by atoms with Gasteiger partial charge in [-0.05, 0) is 6.42 Å². The van der Waals surface area contributed by atoms with Gasteiger partial charge in [-0.1, -0.05) is 32.6 Å². The third-order valence-electron chi connectivity index (χ3n) is 1.70. The van der Waals surface area contributed by atoms with E-state index in [-0.39, 0.29) is 0 Å². The molecule has 0 aromatic heterocycles. The lowest BCUT2D eigenvalue weighted by Crippen LogP contribution is -2.11. The molecule has 3 nitrogen and oxygen atoms in total. The van der Waals surface area contributed by atoms with Gasteiger partial charge < -0.3 is 0 Å². The molecule has 0 atom stereocenters. The third kappa shape index (κ3) is 8.56. The van der Waals surface area contributed by atoms with Crippen molar-refractivity contribution < 1.29 is 12.5 Å². The number of hydrogen-bond donors (Lipinski definition) is 0. The van der Waals surface area contributed by atoms with Crippen LogP contribution in [0.4, 0.5) is 0 Å². The summed E-state index contributed by atoms with van der Waals surface area (Å²) >= 11 is -0.746. The molecule has 4 heteroatoms. The molecule has 0 spiro atoms. The van der Waals surface area contributed by atoms with E-state index in [4.69, 9.17) is 12.5 Å². The normalized spacial score (nSPS) is 11.1. The molecule has 0 amide bonds. The van der Waals surface area contributed by atoms with E-state index in [1.54, 1.807) is 14.2 Å². The van der Waals surface area contributed by atoms with E-state index in [2.05, 4.69) is 6.92 Å². The van der Waals surface area contributed by atoms with Crippen molar-refractivity contribution in [2.45, 2.75) is 39.0 Å². The minimum atomic E-state index is -0.746. The Labute approximate surface area is 84.7 Å². The molecule has 0 rings (SSSR count). The molecule has 0 saturated heterocycles. The Morgan fingerprint density at radius 2 is 1.54 bits per heavy atom. The molecule has 0 saturated carbocycles. The monoisotopic (exact) mass is 209 g/mol. The standard InChI is InChI=1S/C9H21O3S/c1-4-5-6-7-8-9-12-13(10-2)11-3/h4-9H2,1-3H3/q+1. The fourth-order valence-corrected chi connectivity index (χ4v) is 1.58. The van der Waals surface area contributed by atoms with Crippen LogP contribution in [0, 0.1) is 0 Å². The summed E-state index contributed by atoms with van der Waals surface area (Å²) in [5.74, 6) is 0. The van der Waals surface area contributed by atoms with E-state index in [1.165, 1.54) is 25.7 Å². The minimum Gasteiger partial charge on any atom is -0.112 e. The first kappa shape index (κ1) is 13.2. The van der Waals surface area contributed by atoms with Gasteiger partial charge in [-0.25, -0.2) is 0 Å². The van der Waals surface area contributed by atoms with Gasteiger partial charge in [-0.15, -0.1) is 12.5 Å². The van der Waals surface area contributed by atoms with Gasteiger partial charge in [0.05, 0.1) is 14.2 Å². The molecular formula is C9H21O3S+. The van der Waals surface area contributed by atoms with Gasteiger partial charge in [0.2, 0.25) is 0 Å². The molecule has 0 heterocycles. The lowest BCUT2D eigenvalue weighted by atomic mass is 10.2. The zero-order valence-corrected chi connectivity index (χ0v) is 9.69. The molecule has 0 aliphatic carbocycles. The van der Waals surface area contributed by atoms with Crippen LogP contribution in [-0.4, -0.2) is 20.8 Å². The highest BCUT2D eigenvalue weighted by molar-refractivity contribution is 7.82. The summed E-state index contributed by atoms with van der Waals surface area (Å²) in [7, 11) is 3.17. The van der Waals surface area contributed by atoms with E-state index in [0.717, 1.165) is 13.0 Å². The molecule has 0 N–H and O–H groups in total. The summed E-state index contributed by atoms with van der Waals surface area (Å²) < 4.78 is 15.1. The first-order valence-electron chi connectivity index (χ1n) is 4.81. The molecule has 0 aromatic rings. The van der Waals surface area contributed by atoms with Crippen molar-refractivity contribution in [3.63, 3.8) is 0 Å². The molecule has 80 valence electrons. The van der Waals surface area contributed by atoms with Crippen molar-refractivity contribution in [3.8, 4) is 0 Å². The highest BCUT2D eigenvalue weighted by atomic mass is 32.3. The largest absolute Gasteiger partial charge is 0.507 e. The molecule has 0 aliphatic heterocycles. The van der Waals surface area contributed by atoms with Crippen LogP contribution in [0.5, 0.6) is 0 Å². The lowest BCUT2D eigenvalue weighted by Gasteiger charge is -1.98.